The van der Waals surface area contributed by atoms with Crippen LogP contribution in [0.25, 0.3) is 0 Å². The van der Waals surface area contributed by atoms with Gasteiger partial charge in [0, 0.05) is 26.1 Å². The van der Waals surface area contributed by atoms with Crippen LogP contribution in [0.2, 0.25) is 0 Å². The van der Waals surface area contributed by atoms with Gasteiger partial charge in [-0.15, -0.1) is 0 Å². The van der Waals surface area contributed by atoms with Gasteiger partial charge in [0.05, 0.1) is 6.61 Å². The molecule has 0 saturated carbocycles. The fraction of sp³-hybridized carbons (Fsp3) is 0.667. The first-order valence-electron chi connectivity index (χ1n) is 9.73. The van der Waals surface area contributed by atoms with E-state index in [-0.39, 0.29) is 5.91 Å². The average Bonchev–Trinajstić information content (AvgIpc) is 2.57. The van der Waals surface area contributed by atoms with Crippen LogP contribution in [0, 0.1) is 19.8 Å². The molecule has 1 heterocycles. The molecule has 1 saturated heterocycles. The minimum atomic E-state index is 0.164. The summed E-state index contributed by atoms with van der Waals surface area (Å²) in [5, 5.41) is 3.05. The van der Waals surface area contributed by atoms with Crippen LogP contribution in [-0.4, -0.2) is 43.6 Å². The van der Waals surface area contributed by atoms with E-state index in [0.717, 1.165) is 43.2 Å². The number of carbonyl (C=O) groups excluding carboxylic acids is 1. The number of nitrogens with one attached hydrogen (secondary N) is 1. The molecule has 4 heteroatoms. The summed E-state index contributed by atoms with van der Waals surface area (Å²) in [5.41, 5.74) is 2.37. The number of rotatable bonds is 9. The van der Waals surface area contributed by atoms with Crippen molar-refractivity contribution in [2.45, 2.75) is 52.9 Å². The number of piperidine rings is 1. The molecule has 1 aliphatic rings. The summed E-state index contributed by atoms with van der Waals surface area (Å²) in [5.74, 6) is 1.92. The zero-order chi connectivity index (χ0) is 18.1. The lowest BCUT2D eigenvalue weighted by Crippen LogP contribution is -2.40. The van der Waals surface area contributed by atoms with Crippen LogP contribution in [0.15, 0.2) is 18.2 Å². The molecule has 0 radical (unpaired) electrons. The number of nitrogens with zero attached hydrogens (tertiary/aromatic N) is 1. The Hall–Kier alpha value is -1.55. The highest BCUT2D eigenvalue weighted by Crippen LogP contribution is 2.19. The van der Waals surface area contributed by atoms with Crippen molar-refractivity contribution in [3.63, 3.8) is 0 Å². The topological polar surface area (TPSA) is 41.6 Å². The van der Waals surface area contributed by atoms with Gasteiger partial charge in [-0.05, 0) is 69.2 Å². The summed E-state index contributed by atoms with van der Waals surface area (Å²) >= 11 is 0. The third kappa shape index (κ3) is 7.47. The fourth-order valence-electron chi connectivity index (χ4n) is 3.36. The molecule has 0 aromatic heterocycles. The molecule has 1 fully saturated rings. The number of ether oxygens (including phenoxy) is 1. The van der Waals surface area contributed by atoms with Crippen LogP contribution in [0.4, 0.5) is 0 Å². The van der Waals surface area contributed by atoms with Crippen molar-refractivity contribution in [1.82, 2.24) is 10.2 Å². The molecule has 0 bridgehead atoms. The molecule has 1 unspecified atom stereocenters. The van der Waals surface area contributed by atoms with E-state index < -0.39 is 0 Å². The number of unbranched alkanes of at least 4 members (excludes halogenated alkanes) is 1. The first kappa shape index (κ1) is 19.8. The third-order valence-corrected chi connectivity index (χ3v) is 4.89. The fourth-order valence-corrected chi connectivity index (χ4v) is 3.36. The van der Waals surface area contributed by atoms with Gasteiger partial charge in [-0.2, -0.15) is 0 Å². The minimum Gasteiger partial charge on any atom is -0.493 e. The van der Waals surface area contributed by atoms with Gasteiger partial charge in [-0.25, -0.2) is 0 Å². The number of hydrogen-bond donors (Lipinski definition) is 1. The van der Waals surface area contributed by atoms with Gasteiger partial charge in [0.2, 0.25) is 5.91 Å². The van der Waals surface area contributed by atoms with Gasteiger partial charge < -0.3 is 15.0 Å². The van der Waals surface area contributed by atoms with Gasteiger partial charge in [-0.1, -0.05) is 19.1 Å². The number of aryl methyl sites for hydroxylation is 2. The normalized spacial score (nSPS) is 18.1. The summed E-state index contributed by atoms with van der Waals surface area (Å²) in [6, 6.07) is 6.25. The number of hydrogen-bond acceptors (Lipinski definition) is 3. The van der Waals surface area contributed by atoms with Crippen LogP contribution >= 0.6 is 0 Å². The molecule has 1 aromatic rings. The Morgan fingerprint density at radius 2 is 2.16 bits per heavy atom. The molecule has 140 valence electrons. The molecule has 1 N–H and O–H groups in total. The first-order chi connectivity index (χ1) is 12.0. The number of benzene rings is 1. The summed E-state index contributed by atoms with van der Waals surface area (Å²) in [7, 11) is 0. The number of likely N-dealkylation sites (tertiary alicyclic amines) is 1. The lowest BCUT2D eigenvalue weighted by Gasteiger charge is -2.30. The zero-order valence-electron chi connectivity index (χ0n) is 16.1. The average molecular weight is 347 g/mol. The Morgan fingerprint density at radius 3 is 2.96 bits per heavy atom. The molecule has 0 aliphatic carbocycles. The van der Waals surface area contributed by atoms with Crippen LogP contribution in [-0.2, 0) is 4.79 Å². The summed E-state index contributed by atoms with van der Waals surface area (Å²) in [4.78, 5) is 14.4. The van der Waals surface area contributed by atoms with E-state index in [2.05, 4.69) is 49.2 Å². The largest absolute Gasteiger partial charge is 0.493 e. The zero-order valence-corrected chi connectivity index (χ0v) is 16.1. The highest BCUT2D eigenvalue weighted by Gasteiger charge is 2.15. The van der Waals surface area contributed by atoms with E-state index in [1.54, 1.807) is 0 Å². The maximum Gasteiger partial charge on any atom is 0.220 e. The predicted octanol–water partition coefficient (Wildman–Crippen LogP) is 3.70. The van der Waals surface area contributed by atoms with Gasteiger partial charge in [-0.3, -0.25) is 4.79 Å². The SMILES string of the molecule is Cc1ccc(C)c(OCCCCC(=O)NCCN2CCCC(C)C2)c1. The molecule has 1 atom stereocenters. The van der Waals surface area contributed by atoms with E-state index >= 15 is 0 Å². The Morgan fingerprint density at radius 1 is 1.32 bits per heavy atom. The summed E-state index contributed by atoms with van der Waals surface area (Å²) in [6.07, 6.45) is 5.00. The number of amides is 1. The lowest BCUT2D eigenvalue weighted by molar-refractivity contribution is -0.121. The third-order valence-electron chi connectivity index (χ3n) is 4.89. The number of carbonyl (C=O) groups is 1. The molecule has 2 rings (SSSR count). The van der Waals surface area contributed by atoms with Crippen molar-refractivity contribution in [1.29, 1.82) is 0 Å². The van der Waals surface area contributed by atoms with Crippen molar-refractivity contribution >= 4 is 5.91 Å². The maximum absolute atomic E-state index is 11.9. The van der Waals surface area contributed by atoms with E-state index in [9.17, 15) is 4.79 Å². The maximum atomic E-state index is 11.9. The molecule has 4 nitrogen and oxygen atoms in total. The van der Waals surface area contributed by atoms with Crippen LogP contribution in [0.1, 0.15) is 50.2 Å². The molecule has 1 aliphatic heterocycles. The highest BCUT2D eigenvalue weighted by atomic mass is 16.5. The van der Waals surface area contributed by atoms with Gasteiger partial charge in [0.25, 0.3) is 0 Å². The van der Waals surface area contributed by atoms with Crippen molar-refractivity contribution in [3.05, 3.63) is 29.3 Å². The standard InChI is InChI=1S/C21H34N2O2/c1-17-9-10-19(3)20(15-17)25-14-5-4-8-21(24)22-11-13-23-12-6-7-18(2)16-23/h9-10,15,18H,4-8,11-14,16H2,1-3H3,(H,22,24). The molecule has 25 heavy (non-hydrogen) atoms. The first-order valence-corrected chi connectivity index (χ1v) is 9.73. The van der Waals surface area contributed by atoms with Crippen molar-refractivity contribution in [2.24, 2.45) is 5.92 Å². The molecule has 1 amide bonds. The van der Waals surface area contributed by atoms with E-state index in [0.29, 0.717) is 13.0 Å². The molecular formula is C21H34N2O2. The predicted molar refractivity (Wildman–Crippen MR) is 103 cm³/mol. The van der Waals surface area contributed by atoms with E-state index in [4.69, 9.17) is 4.74 Å². The Balaban J connectivity index is 1.51. The quantitative estimate of drug-likeness (QED) is 0.693. The van der Waals surface area contributed by atoms with Gasteiger partial charge in [0.15, 0.2) is 0 Å². The molecule has 1 aromatic carbocycles. The van der Waals surface area contributed by atoms with E-state index in [1.165, 1.54) is 31.5 Å². The second-order valence-corrected chi connectivity index (χ2v) is 7.47. The second kappa shape index (κ2) is 10.4. The lowest BCUT2D eigenvalue weighted by atomic mass is 10.0. The van der Waals surface area contributed by atoms with Crippen molar-refractivity contribution in [3.8, 4) is 5.75 Å². The minimum absolute atomic E-state index is 0.164. The van der Waals surface area contributed by atoms with Crippen LogP contribution < -0.4 is 10.1 Å². The molecular weight excluding hydrogens is 312 g/mol. The van der Waals surface area contributed by atoms with Gasteiger partial charge >= 0.3 is 0 Å². The van der Waals surface area contributed by atoms with Crippen LogP contribution in [0.3, 0.4) is 0 Å². The second-order valence-electron chi connectivity index (χ2n) is 7.47. The Bertz CT molecular complexity index is 545. The van der Waals surface area contributed by atoms with E-state index in [1.807, 2.05) is 0 Å². The monoisotopic (exact) mass is 346 g/mol. The van der Waals surface area contributed by atoms with Crippen molar-refractivity contribution in [2.75, 3.05) is 32.8 Å². The Labute approximate surface area is 152 Å². The summed E-state index contributed by atoms with van der Waals surface area (Å²) < 4.78 is 5.83. The van der Waals surface area contributed by atoms with Gasteiger partial charge in [0.1, 0.15) is 5.75 Å². The summed E-state index contributed by atoms with van der Waals surface area (Å²) in [6.45, 7) is 11.2. The smallest absolute Gasteiger partial charge is 0.220 e. The van der Waals surface area contributed by atoms with Crippen molar-refractivity contribution < 1.29 is 9.53 Å². The van der Waals surface area contributed by atoms with Crippen LogP contribution in [0.5, 0.6) is 5.75 Å². The Kier molecular flexibility index (Phi) is 8.26. The highest BCUT2D eigenvalue weighted by molar-refractivity contribution is 5.75. The molecule has 0 spiro atoms.